The van der Waals surface area contributed by atoms with Crippen molar-refractivity contribution < 1.29 is 18.3 Å². The first-order valence-electron chi connectivity index (χ1n) is 13.1. The highest BCUT2D eigenvalue weighted by Crippen LogP contribution is 2.33. The molecule has 1 aliphatic carbocycles. The van der Waals surface area contributed by atoms with Crippen molar-refractivity contribution in [3.05, 3.63) is 42.1 Å². The number of halogens is 2. The summed E-state index contributed by atoms with van der Waals surface area (Å²) in [5.74, 6) is -0.415. The van der Waals surface area contributed by atoms with Crippen molar-refractivity contribution in [1.82, 2.24) is 10.3 Å². The number of hydrogen-bond donors (Lipinski definition) is 3. The number of ether oxygens (including phenoxy) is 2. The van der Waals surface area contributed by atoms with Gasteiger partial charge in [0.15, 0.2) is 0 Å². The van der Waals surface area contributed by atoms with Gasteiger partial charge in [0.25, 0.3) is 0 Å². The third-order valence-electron chi connectivity index (χ3n) is 7.55. The Balaban J connectivity index is 1.40. The van der Waals surface area contributed by atoms with Gasteiger partial charge >= 0.3 is 0 Å². The number of rotatable bonds is 10. The van der Waals surface area contributed by atoms with Gasteiger partial charge in [-0.3, -0.25) is 0 Å². The van der Waals surface area contributed by atoms with Crippen LogP contribution in [-0.2, 0) is 9.47 Å². The van der Waals surface area contributed by atoms with Gasteiger partial charge in [-0.25, -0.2) is 13.8 Å². The Morgan fingerprint density at radius 1 is 1.06 bits per heavy atom. The minimum Gasteiger partial charge on any atom is -0.384 e. The van der Waals surface area contributed by atoms with E-state index >= 15 is 0 Å². The second kappa shape index (κ2) is 12.3. The van der Waals surface area contributed by atoms with E-state index in [9.17, 15) is 8.78 Å². The van der Waals surface area contributed by atoms with Crippen molar-refractivity contribution in [1.29, 1.82) is 0 Å². The average molecular weight is 503 g/mol. The molecule has 3 N–H and O–H groups in total. The molecule has 1 unspecified atom stereocenters. The Labute approximate surface area is 213 Å². The molecule has 198 valence electrons. The predicted molar refractivity (Wildman–Crippen MR) is 140 cm³/mol. The molecule has 2 heterocycles. The van der Waals surface area contributed by atoms with E-state index in [4.69, 9.17) is 9.47 Å². The summed E-state index contributed by atoms with van der Waals surface area (Å²) in [7, 11) is 1.72. The lowest BCUT2D eigenvalue weighted by Crippen LogP contribution is -2.42. The minimum absolute atomic E-state index is 0.127. The van der Waals surface area contributed by atoms with E-state index < -0.39 is 11.6 Å². The molecule has 1 aromatic carbocycles. The molecule has 1 aliphatic heterocycles. The van der Waals surface area contributed by atoms with Gasteiger partial charge in [0.1, 0.15) is 17.5 Å². The topological polar surface area (TPSA) is 67.4 Å². The standard InChI is InChI=1S/C28H40F2N4O2/c1-19(17-35-3)33-20-4-6-21(7-5-20)34-27-15-24(26(30)16-31-27)23-14-22(8-9-25(23)29)32-18-28(2)10-12-36-13-11-28/h8-9,14-16,19-21,32-33H,4-7,10-13,17-18H2,1-3H3,(H,31,34). The number of methoxy groups -OCH3 is 1. The largest absolute Gasteiger partial charge is 0.384 e. The monoisotopic (exact) mass is 502 g/mol. The van der Waals surface area contributed by atoms with E-state index in [2.05, 4.69) is 34.8 Å². The molecule has 1 aromatic heterocycles. The van der Waals surface area contributed by atoms with Crippen LogP contribution in [0.2, 0.25) is 0 Å². The first-order valence-corrected chi connectivity index (χ1v) is 13.1. The zero-order chi connectivity index (χ0) is 25.5. The molecular formula is C28H40F2N4O2. The van der Waals surface area contributed by atoms with Crippen LogP contribution in [0.5, 0.6) is 0 Å². The fourth-order valence-electron chi connectivity index (χ4n) is 5.24. The van der Waals surface area contributed by atoms with Gasteiger partial charge < -0.3 is 25.4 Å². The lowest BCUT2D eigenvalue weighted by Gasteiger charge is -2.34. The summed E-state index contributed by atoms with van der Waals surface area (Å²) >= 11 is 0. The Bertz CT molecular complexity index is 992. The fraction of sp³-hybridized carbons (Fsp3) is 0.607. The lowest BCUT2D eigenvalue weighted by atomic mass is 9.82. The normalized spacial score (nSPS) is 22.7. The highest BCUT2D eigenvalue weighted by atomic mass is 19.1. The van der Waals surface area contributed by atoms with Crippen molar-refractivity contribution in [3.8, 4) is 11.1 Å². The Hall–Kier alpha value is -2.29. The van der Waals surface area contributed by atoms with Crippen molar-refractivity contribution in [2.24, 2.45) is 5.41 Å². The summed E-state index contributed by atoms with van der Waals surface area (Å²) in [6.07, 6.45) is 7.21. The Kier molecular flexibility index (Phi) is 9.14. The molecule has 2 aromatic rings. The van der Waals surface area contributed by atoms with E-state index in [-0.39, 0.29) is 22.6 Å². The molecule has 0 radical (unpaired) electrons. The highest BCUT2D eigenvalue weighted by molar-refractivity contribution is 5.71. The Morgan fingerprint density at radius 2 is 1.75 bits per heavy atom. The van der Waals surface area contributed by atoms with Crippen LogP contribution in [0.1, 0.15) is 52.4 Å². The Morgan fingerprint density at radius 3 is 2.47 bits per heavy atom. The van der Waals surface area contributed by atoms with Crippen LogP contribution < -0.4 is 16.0 Å². The molecule has 36 heavy (non-hydrogen) atoms. The van der Waals surface area contributed by atoms with Crippen molar-refractivity contribution in [2.75, 3.05) is 44.1 Å². The first kappa shape index (κ1) is 26.8. The van der Waals surface area contributed by atoms with Crippen LogP contribution in [0, 0.1) is 17.0 Å². The second-order valence-electron chi connectivity index (χ2n) is 10.7. The fourth-order valence-corrected chi connectivity index (χ4v) is 5.24. The van der Waals surface area contributed by atoms with Crippen LogP contribution in [0.4, 0.5) is 20.3 Å². The third-order valence-corrected chi connectivity index (χ3v) is 7.55. The maximum atomic E-state index is 14.8. The number of nitrogens with one attached hydrogen (secondary N) is 3. The average Bonchev–Trinajstić information content (AvgIpc) is 2.87. The van der Waals surface area contributed by atoms with Gasteiger partial charge in [-0.15, -0.1) is 0 Å². The SMILES string of the molecule is COCC(C)NC1CCC(Nc2cc(-c3cc(NCC4(C)CCOCC4)ccc3F)c(F)cn2)CC1. The molecule has 2 fully saturated rings. The van der Waals surface area contributed by atoms with E-state index in [1.54, 1.807) is 25.3 Å². The van der Waals surface area contributed by atoms with E-state index in [0.29, 0.717) is 24.5 Å². The van der Waals surface area contributed by atoms with Gasteiger partial charge in [-0.05, 0) is 75.1 Å². The van der Waals surface area contributed by atoms with Crippen molar-refractivity contribution >= 4 is 11.5 Å². The van der Waals surface area contributed by atoms with Gasteiger partial charge in [0.2, 0.25) is 0 Å². The molecule has 1 saturated heterocycles. The highest BCUT2D eigenvalue weighted by Gasteiger charge is 2.27. The van der Waals surface area contributed by atoms with Crippen LogP contribution in [-0.4, -0.2) is 56.6 Å². The van der Waals surface area contributed by atoms with Gasteiger partial charge in [0.05, 0.1) is 12.8 Å². The summed E-state index contributed by atoms with van der Waals surface area (Å²) in [4.78, 5) is 4.24. The van der Waals surface area contributed by atoms with Gasteiger partial charge in [-0.1, -0.05) is 6.92 Å². The molecular weight excluding hydrogens is 462 g/mol. The number of benzene rings is 1. The minimum atomic E-state index is -0.534. The lowest BCUT2D eigenvalue weighted by molar-refractivity contribution is 0.0300. The summed E-state index contributed by atoms with van der Waals surface area (Å²) in [5.41, 5.74) is 1.36. The van der Waals surface area contributed by atoms with E-state index in [1.165, 1.54) is 12.3 Å². The summed E-state index contributed by atoms with van der Waals surface area (Å²) in [6, 6.07) is 7.48. The molecule has 0 spiro atoms. The maximum absolute atomic E-state index is 14.8. The number of nitrogens with zero attached hydrogens (tertiary/aromatic N) is 1. The van der Waals surface area contributed by atoms with E-state index in [0.717, 1.165) is 64.0 Å². The summed E-state index contributed by atoms with van der Waals surface area (Å²) in [6.45, 7) is 7.34. The zero-order valence-electron chi connectivity index (χ0n) is 21.7. The van der Waals surface area contributed by atoms with Crippen LogP contribution in [0.3, 0.4) is 0 Å². The molecule has 0 amide bonds. The zero-order valence-corrected chi connectivity index (χ0v) is 21.7. The molecule has 0 bridgehead atoms. The predicted octanol–water partition coefficient (Wildman–Crippen LogP) is 5.60. The molecule has 1 atom stereocenters. The van der Waals surface area contributed by atoms with Crippen LogP contribution in [0.15, 0.2) is 30.5 Å². The summed E-state index contributed by atoms with van der Waals surface area (Å²) in [5, 5.41) is 10.5. The smallest absolute Gasteiger partial charge is 0.149 e. The second-order valence-corrected chi connectivity index (χ2v) is 10.7. The number of aromatic nitrogens is 1. The molecule has 8 heteroatoms. The van der Waals surface area contributed by atoms with Crippen LogP contribution in [0.25, 0.3) is 11.1 Å². The molecule has 6 nitrogen and oxygen atoms in total. The number of anilines is 2. The van der Waals surface area contributed by atoms with Gasteiger partial charge in [-0.2, -0.15) is 0 Å². The quantitative estimate of drug-likeness (QED) is 0.393. The van der Waals surface area contributed by atoms with Crippen molar-refractivity contribution in [3.63, 3.8) is 0 Å². The van der Waals surface area contributed by atoms with E-state index in [1.807, 2.05) is 0 Å². The first-order chi connectivity index (χ1) is 17.3. The number of pyridine rings is 1. The molecule has 1 saturated carbocycles. The maximum Gasteiger partial charge on any atom is 0.149 e. The number of hydrogen-bond acceptors (Lipinski definition) is 6. The summed E-state index contributed by atoms with van der Waals surface area (Å²) < 4.78 is 40.3. The molecule has 4 rings (SSSR count). The van der Waals surface area contributed by atoms with Gasteiger partial charge in [0, 0.05) is 61.8 Å². The third kappa shape index (κ3) is 7.14. The molecule has 2 aliphatic rings. The van der Waals surface area contributed by atoms with Crippen molar-refractivity contribution in [2.45, 2.75) is 70.5 Å². The van der Waals surface area contributed by atoms with Crippen LogP contribution >= 0.6 is 0 Å².